The highest BCUT2D eigenvalue weighted by atomic mass is 19.1. The molecule has 0 atom stereocenters. The van der Waals surface area contributed by atoms with Gasteiger partial charge in [0.2, 0.25) is 0 Å². The molecule has 1 saturated heterocycles. The first-order valence-corrected chi connectivity index (χ1v) is 7.68. The van der Waals surface area contributed by atoms with Gasteiger partial charge in [-0.1, -0.05) is 12.1 Å². The Morgan fingerprint density at radius 3 is 2.65 bits per heavy atom. The Morgan fingerprint density at radius 2 is 2.00 bits per heavy atom. The van der Waals surface area contributed by atoms with Crippen molar-refractivity contribution < 1.29 is 23.5 Å². The number of piperidine rings is 1. The van der Waals surface area contributed by atoms with Crippen LogP contribution in [-0.2, 0) is 9.53 Å². The smallest absolute Gasteiger partial charge is 0.409 e. The average molecular weight is 324 g/mol. The molecule has 1 aromatic rings. The van der Waals surface area contributed by atoms with Gasteiger partial charge in [-0.25, -0.2) is 9.18 Å². The number of ether oxygens (including phenoxy) is 2. The summed E-state index contributed by atoms with van der Waals surface area (Å²) in [5, 5.41) is 2.83. The van der Waals surface area contributed by atoms with Gasteiger partial charge < -0.3 is 19.7 Å². The number of para-hydroxylation sites is 1. The van der Waals surface area contributed by atoms with Crippen LogP contribution in [0.1, 0.15) is 19.8 Å². The average Bonchev–Trinajstić information content (AvgIpc) is 2.55. The lowest BCUT2D eigenvalue weighted by Crippen LogP contribution is -2.47. The number of nitrogens with one attached hydrogen (secondary N) is 1. The molecule has 1 fully saturated rings. The molecule has 6 nitrogen and oxygen atoms in total. The van der Waals surface area contributed by atoms with Gasteiger partial charge in [-0.15, -0.1) is 0 Å². The van der Waals surface area contributed by atoms with E-state index in [1.54, 1.807) is 24.0 Å². The summed E-state index contributed by atoms with van der Waals surface area (Å²) in [7, 11) is 0. The predicted molar refractivity (Wildman–Crippen MR) is 81.7 cm³/mol. The third-order valence-corrected chi connectivity index (χ3v) is 3.58. The van der Waals surface area contributed by atoms with E-state index in [9.17, 15) is 14.0 Å². The molecule has 1 N–H and O–H groups in total. The Morgan fingerprint density at radius 1 is 1.30 bits per heavy atom. The lowest BCUT2D eigenvalue weighted by Gasteiger charge is -2.31. The molecule has 7 heteroatoms. The molecule has 2 amide bonds. The van der Waals surface area contributed by atoms with E-state index in [4.69, 9.17) is 9.47 Å². The normalized spacial score (nSPS) is 15.1. The number of rotatable bonds is 5. The summed E-state index contributed by atoms with van der Waals surface area (Å²) in [6.07, 6.45) is 0.995. The summed E-state index contributed by atoms with van der Waals surface area (Å²) >= 11 is 0. The molecule has 1 aliphatic heterocycles. The zero-order chi connectivity index (χ0) is 16.7. The molecule has 0 spiro atoms. The van der Waals surface area contributed by atoms with Gasteiger partial charge in [-0.2, -0.15) is 0 Å². The zero-order valence-corrected chi connectivity index (χ0v) is 13.1. The van der Waals surface area contributed by atoms with Crippen LogP contribution in [0.15, 0.2) is 24.3 Å². The van der Waals surface area contributed by atoms with Crippen LogP contribution in [-0.4, -0.2) is 49.2 Å². The minimum atomic E-state index is -0.497. The highest BCUT2D eigenvalue weighted by molar-refractivity contribution is 5.78. The van der Waals surface area contributed by atoms with Gasteiger partial charge in [0.15, 0.2) is 18.2 Å². The molecule has 0 aromatic heterocycles. The molecular weight excluding hydrogens is 303 g/mol. The second-order valence-electron chi connectivity index (χ2n) is 5.25. The number of amides is 2. The minimum Gasteiger partial charge on any atom is -0.481 e. The van der Waals surface area contributed by atoms with Crippen molar-refractivity contribution in [3.63, 3.8) is 0 Å². The minimum absolute atomic E-state index is 0.0163. The largest absolute Gasteiger partial charge is 0.481 e. The molecule has 126 valence electrons. The molecule has 1 heterocycles. The van der Waals surface area contributed by atoms with Gasteiger partial charge in [-0.3, -0.25) is 4.79 Å². The molecule has 23 heavy (non-hydrogen) atoms. The van der Waals surface area contributed by atoms with Crippen LogP contribution in [0.5, 0.6) is 5.75 Å². The highest BCUT2D eigenvalue weighted by Crippen LogP contribution is 2.15. The Kier molecular flexibility index (Phi) is 6.19. The van der Waals surface area contributed by atoms with Crippen molar-refractivity contribution in [1.82, 2.24) is 10.2 Å². The third-order valence-electron chi connectivity index (χ3n) is 3.58. The van der Waals surface area contributed by atoms with Crippen molar-refractivity contribution in [2.45, 2.75) is 25.8 Å². The molecule has 0 radical (unpaired) electrons. The maximum absolute atomic E-state index is 13.4. The second kappa shape index (κ2) is 8.36. The van der Waals surface area contributed by atoms with E-state index in [0.717, 1.165) is 0 Å². The van der Waals surface area contributed by atoms with Gasteiger partial charge in [0, 0.05) is 19.1 Å². The third kappa shape index (κ3) is 5.12. The monoisotopic (exact) mass is 324 g/mol. The van der Waals surface area contributed by atoms with Gasteiger partial charge >= 0.3 is 6.09 Å². The molecule has 0 aliphatic carbocycles. The van der Waals surface area contributed by atoms with Crippen LogP contribution >= 0.6 is 0 Å². The summed E-state index contributed by atoms with van der Waals surface area (Å²) < 4.78 is 23.5. The van der Waals surface area contributed by atoms with E-state index < -0.39 is 5.82 Å². The Bertz CT molecular complexity index is 545. The van der Waals surface area contributed by atoms with Crippen molar-refractivity contribution in [2.24, 2.45) is 0 Å². The summed E-state index contributed by atoms with van der Waals surface area (Å²) in [6.45, 7) is 2.96. The Balaban J connectivity index is 1.71. The second-order valence-corrected chi connectivity index (χ2v) is 5.25. The van der Waals surface area contributed by atoms with Gasteiger partial charge in [0.05, 0.1) is 6.61 Å². The first-order chi connectivity index (χ1) is 11.1. The number of likely N-dealkylation sites (tertiary alicyclic amines) is 1. The van der Waals surface area contributed by atoms with E-state index in [2.05, 4.69) is 5.32 Å². The van der Waals surface area contributed by atoms with E-state index in [1.807, 2.05) is 0 Å². The molecular formula is C16H21FN2O4. The van der Waals surface area contributed by atoms with Crippen molar-refractivity contribution in [1.29, 1.82) is 0 Å². The molecule has 0 bridgehead atoms. The number of halogens is 1. The SMILES string of the molecule is CCOC(=O)N1CCC(NC(=O)COc2ccccc2F)CC1. The fourth-order valence-electron chi connectivity index (χ4n) is 2.40. The molecule has 1 aromatic carbocycles. The number of nitrogens with zero attached hydrogens (tertiary/aromatic N) is 1. The summed E-state index contributed by atoms with van der Waals surface area (Å²) in [5.74, 6) is -0.745. The van der Waals surface area contributed by atoms with E-state index in [0.29, 0.717) is 32.5 Å². The molecule has 1 aliphatic rings. The van der Waals surface area contributed by atoms with E-state index in [-0.39, 0.29) is 30.4 Å². The Labute approximate surface area is 134 Å². The zero-order valence-electron chi connectivity index (χ0n) is 13.1. The number of hydrogen-bond donors (Lipinski definition) is 1. The van der Waals surface area contributed by atoms with Crippen LogP contribution in [0.4, 0.5) is 9.18 Å². The van der Waals surface area contributed by atoms with Crippen LogP contribution in [0.2, 0.25) is 0 Å². The van der Waals surface area contributed by atoms with Crippen molar-refractivity contribution in [3.8, 4) is 5.75 Å². The summed E-state index contributed by atoms with van der Waals surface area (Å²) in [5.41, 5.74) is 0. The van der Waals surface area contributed by atoms with Crippen molar-refractivity contribution >= 4 is 12.0 Å². The van der Waals surface area contributed by atoms with Gasteiger partial charge in [0.1, 0.15) is 0 Å². The maximum atomic E-state index is 13.4. The fourth-order valence-corrected chi connectivity index (χ4v) is 2.40. The number of carbonyl (C=O) groups is 2. The van der Waals surface area contributed by atoms with E-state index in [1.165, 1.54) is 12.1 Å². The number of benzene rings is 1. The van der Waals surface area contributed by atoms with Gasteiger partial charge in [0.25, 0.3) is 5.91 Å². The van der Waals surface area contributed by atoms with Crippen LogP contribution in [0.25, 0.3) is 0 Å². The van der Waals surface area contributed by atoms with E-state index >= 15 is 0 Å². The first kappa shape index (κ1) is 17.1. The highest BCUT2D eigenvalue weighted by Gasteiger charge is 2.24. The lowest BCUT2D eigenvalue weighted by molar-refractivity contribution is -0.124. The van der Waals surface area contributed by atoms with Gasteiger partial charge in [-0.05, 0) is 31.9 Å². The first-order valence-electron chi connectivity index (χ1n) is 7.68. The quantitative estimate of drug-likeness (QED) is 0.899. The molecule has 0 saturated carbocycles. The standard InChI is InChI=1S/C16H21FN2O4/c1-2-22-16(21)19-9-7-12(8-10-19)18-15(20)11-23-14-6-4-3-5-13(14)17/h3-6,12H,2,7-11H2,1H3,(H,18,20). The Hall–Kier alpha value is -2.31. The fraction of sp³-hybridized carbons (Fsp3) is 0.500. The van der Waals surface area contributed by atoms with Crippen LogP contribution < -0.4 is 10.1 Å². The lowest BCUT2D eigenvalue weighted by atomic mass is 10.1. The topological polar surface area (TPSA) is 67.9 Å². The summed E-state index contributed by atoms with van der Waals surface area (Å²) in [4.78, 5) is 25.1. The number of hydrogen-bond acceptors (Lipinski definition) is 4. The van der Waals surface area contributed by atoms with Crippen LogP contribution in [0.3, 0.4) is 0 Å². The number of carbonyl (C=O) groups excluding carboxylic acids is 2. The summed E-state index contributed by atoms with van der Waals surface area (Å²) in [6, 6.07) is 5.93. The predicted octanol–water partition coefficient (Wildman–Crippen LogP) is 1.94. The van der Waals surface area contributed by atoms with Crippen molar-refractivity contribution in [3.05, 3.63) is 30.1 Å². The molecule has 0 unspecified atom stereocenters. The van der Waals surface area contributed by atoms with Crippen molar-refractivity contribution in [2.75, 3.05) is 26.3 Å². The maximum Gasteiger partial charge on any atom is 0.409 e. The van der Waals surface area contributed by atoms with Crippen LogP contribution in [0, 0.1) is 5.82 Å². The molecule has 2 rings (SSSR count).